The summed E-state index contributed by atoms with van der Waals surface area (Å²) in [7, 11) is 3.37. The fourth-order valence-electron chi connectivity index (χ4n) is 2.76. The molecule has 0 aliphatic heterocycles. The van der Waals surface area contributed by atoms with E-state index < -0.39 is 0 Å². The molecule has 0 spiro atoms. The summed E-state index contributed by atoms with van der Waals surface area (Å²) >= 11 is 0. The van der Waals surface area contributed by atoms with Crippen LogP contribution in [-0.4, -0.2) is 27.4 Å². The van der Waals surface area contributed by atoms with Gasteiger partial charge in [-0.2, -0.15) is 0 Å². The molecule has 0 aliphatic rings. The lowest BCUT2D eigenvalue weighted by molar-refractivity contribution is 0.164. The monoisotopic (exact) mass is 344 g/mol. The Hall–Kier alpha value is -2.04. The molecule has 136 valence electrons. The highest BCUT2D eigenvalue weighted by Gasteiger charge is 2.12. The Labute approximate surface area is 150 Å². The van der Waals surface area contributed by atoms with Crippen molar-refractivity contribution in [2.75, 3.05) is 27.4 Å². The van der Waals surface area contributed by atoms with Crippen LogP contribution in [-0.2, 0) is 29.1 Å². The van der Waals surface area contributed by atoms with Gasteiger partial charge in [0.25, 0.3) is 0 Å². The van der Waals surface area contributed by atoms with Gasteiger partial charge >= 0.3 is 0 Å². The molecule has 0 fully saturated rings. The minimum atomic E-state index is 0.464. The van der Waals surface area contributed by atoms with Gasteiger partial charge in [0.05, 0.1) is 13.2 Å². The van der Waals surface area contributed by atoms with Gasteiger partial charge < -0.3 is 18.9 Å². The van der Waals surface area contributed by atoms with Crippen LogP contribution < -0.4 is 9.47 Å². The number of methoxy groups -OCH3 is 2. The van der Waals surface area contributed by atoms with E-state index in [-0.39, 0.29) is 0 Å². The maximum absolute atomic E-state index is 6.01. The summed E-state index contributed by atoms with van der Waals surface area (Å²) in [6.07, 6.45) is 1.03. The van der Waals surface area contributed by atoms with Gasteiger partial charge in [-0.25, -0.2) is 0 Å². The van der Waals surface area contributed by atoms with Crippen LogP contribution in [0.25, 0.3) is 0 Å². The first-order valence-corrected chi connectivity index (χ1v) is 8.62. The minimum absolute atomic E-state index is 0.464. The molecule has 2 aromatic rings. The van der Waals surface area contributed by atoms with E-state index in [1.54, 1.807) is 14.2 Å². The Morgan fingerprint density at radius 3 is 1.88 bits per heavy atom. The average Bonchev–Trinajstić information content (AvgIpc) is 2.61. The van der Waals surface area contributed by atoms with Crippen LogP contribution in [0, 0.1) is 6.92 Å². The highest BCUT2D eigenvalue weighted by atomic mass is 16.5. The summed E-state index contributed by atoms with van der Waals surface area (Å²) < 4.78 is 22.4. The topological polar surface area (TPSA) is 36.9 Å². The van der Waals surface area contributed by atoms with Gasteiger partial charge in [-0.15, -0.1) is 0 Å². The SMILES string of the molecule is CCc1ccc(OCCOc2c(COC)cc(C)cc2COC)cc1. The average molecular weight is 344 g/mol. The summed E-state index contributed by atoms with van der Waals surface area (Å²) in [6.45, 7) is 6.16. The van der Waals surface area contributed by atoms with E-state index in [0.29, 0.717) is 26.4 Å². The van der Waals surface area contributed by atoms with E-state index in [9.17, 15) is 0 Å². The molecule has 0 saturated heterocycles. The van der Waals surface area contributed by atoms with E-state index in [1.165, 1.54) is 11.1 Å². The molecule has 0 aromatic heterocycles. The molecule has 0 atom stereocenters. The molecule has 0 heterocycles. The second-order valence-corrected chi connectivity index (χ2v) is 5.97. The number of benzene rings is 2. The predicted molar refractivity (Wildman–Crippen MR) is 99.4 cm³/mol. The fourth-order valence-corrected chi connectivity index (χ4v) is 2.76. The zero-order valence-corrected chi connectivity index (χ0v) is 15.6. The molecule has 0 radical (unpaired) electrons. The lowest BCUT2D eigenvalue weighted by atomic mass is 10.1. The second-order valence-electron chi connectivity index (χ2n) is 5.97. The normalized spacial score (nSPS) is 10.7. The van der Waals surface area contributed by atoms with Crippen molar-refractivity contribution in [3.05, 3.63) is 58.7 Å². The predicted octanol–water partition coefficient (Wildman–Crippen LogP) is 4.31. The number of rotatable bonds is 10. The van der Waals surface area contributed by atoms with Crippen LogP contribution in [0.1, 0.15) is 29.2 Å². The van der Waals surface area contributed by atoms with Crippen molar-refractivity contribution in [2.45, 2.75) is 33.5 Å². The van der Waals surface area contributed by atoms with Crippen LogP contribution in [0.5, 0.6) is 11.5 Å². The third-order valence-corrected chi connectivity index (χ3v) is 3.92. The standard InChI is InChI=1S/C21H28O4/c1-5-17-6-8-20(9-7-17)24-10-11-25-21-18(14-22-3)12-16(2)13-19(21)15-23-4/h6-9,12-13H,5,10-11,14-15H2,1-4H3. The fraction of sp³-hybridized carbons (Fsp3) is 0.429. The van der Waals surface area contributed by atoms with Gasteiger partial charge in [-0.1, -0.05) is 36.8 Å². The largest absolute Gasteiger partial charge is 0.490 e. The number of ether oxygens (including phenoxy) is 4. The Kier molecular flexibility index (Phi) is 7.76. The van der Waals surface area contributed by atoms with Crippen LogP contribution in [0.3, 0.4) is 0 Å². The summed E-state index contributed by atoms with van der Waals surface area (Å²) in [4.78, 5) is 0. The van der Waals surface area contributed by atoms with E-state index in [2.05, 4.69) is 38.1 Å². The molecular formula is C21H28O4. The molecule has 0 saturated carbocycles. The van der Waals surface area contributed by atoms with Crippen molar-refractivity contribution in [1.29, 1.82) is 0 Å². The second kappa shape index (κ2) is 10.1. The van der Waals surface area contributed by atoms with Crippen molar-refractivity contribution in [3.8, 4) is 11.5 Å². The molecule has 2 rings (SSSR count). The molecule has 0 N–H and O–H groups in total. The molecule has 0 unspecified atom stereocenters. The third-order valence-electron chi connectivity index (χ3n) is 3.92. The van der Waals surface area contributed by atoms with Crippen LogP contribution in [0.15, 0.2) is 36.4 Å². The van der Waals surface area contributed by atoms with Crippen molar-refractivity contribution in [1.82, 2.24) is 0 Å². The van der Waals surface area contributed by atoms with E-state index >= 15 is 0 Å². The smallest absolute Gasteiger partial charge is 0.130 e. The summed E-state index contributed by atoms with van der Waals surface area (Å²) in [6, 6.07) is 12.3. The van der Waals surface area contributed by atoms with Gasteiger partial charge in [0.2, 0.25) is 0 Å². The molecule has 0 bridgehead atoms. The molecule has 4 heteroatoms. The number of hydrogen-bond acceptors (Lipinski definition) is 4. The van der Waals surface area contributed by atoms with Crippen molar-refractivity contribution in [2.24, 2.45) is 0 Å². The number of aryl methyl sites for hydroxylation is 2. The first kappa shape index (κ1) is 19.3. The highest BCUT2D eigenvalue weighted by Crippen LogP contribution is 2.27. The van der Waals surface area contributed by atoms with E-state index in [0.717, 1.165) is 29.0 Å². The molecule has 25 heavy (non-hydrogen) atoms. The third kappa shape index (κ3) is 5.76. The Balaban J connectivity index is 1.98. The molecule has 0 amide bonds. The summed E-state index contributed by atoms with van der Waals surface area (Å²) in [5.41, 5.74) is 4.53. The Morgan fingerprint density at radius 1 is 0.800 bits per heavy atom. The van der Waals surface area contributed by atoms with Gasteiger partial charge in [0.1, 0.15) is 24.7 Å². The van der Waals surface area contributed by atoms with Crippen LogP contribution >= 0.6 is 0 Å². The first-order chi connectivity index (χ1) is 12.2. The Bertz CT molecular complexity index is 622. The molecular weight excluding hydrogens is 316 g/mol. The zero-order chi connectivity index (χ0) is 18.1. The molecule has 2 aromatic carbocycles. The van der Waals surface area contributed by atoms with E-state index in [4.69, 9.17) is 18.9 Å². The van der Waals surface area contributed by atoms with Gasteiger partial charge in [0, 0.05) is 25.3 Å². The van der Waals surface area contributed by atoms with Crippen molar-refractivity contribution < 1.29 is 18.9 Å². The molecule has 0 aliphatic carbocycles. The van der Waals surface area contributed by atoms with Crippen LogP contribution in [0.2, 0.25) is 0 Å². The quantitative estimate of drug-likeness (QED) is 0.602. The number of hydrogen-bond donors (Lipinski definition) is 0. The highest BCUT2D eigenvalue weighted by molar-refractivity contribution is 5.44. The lowest BCUT2D eigenvalue weighted by Crippen LogP contribution is -2.12. The van der Waals surface area contributed by atoms with Gasteiger partial charge in [-0.3, -0.25) is 0 Å². The van der Waals surface area contributed by atoms with Crippen LogP contribution in [0.4, 0.5) is 0 Å². The summed E-state index contributed by atoms with van der Waals surface area (Å²) in [5.74, 6) is 1.69. The van der Waals surface area contributed by atoms with E-state index in [1.807, 2.05) is 12.1 Å². The summed E-state index contributed by atoms with van der Waals surface area (Å²) in [5, 5.41) is 0. The van der Waals surface area contributed by atoms with Gasteiger partial charge in [-0.05, 0) is 31.0 Å². The van der Waals surface area contributed by atoms with Crippen molar-refractivity contribution in [3.63, 3.8) is 0 Å². The maximum atomic E-state index is 6.01. The molecule has 4 nitrogen and oxygen atoms in total. The lowest BCUT2D eigenvalue weighted by Gasteiger charge is -2.17. The minimum Gasteiger partial charge on any atom is -0.490 e. The first-order valence-electron chi connectivity index (χ1n) is 8.62. The zero-order valence-electron chi connectivity index (χ0n) is 15.6. The maximum Gasteiger partial charge on any atom is 0.130 e. The Morgan fingerprint density at radius 2 is 1.36 bits per heavy atom. The van der Waals surface area contributed by atoms with Gasteiger partial charge in [0.15, 0.2) is 0 Å². The van der Waals surface area contributed by atoms with Crippen molar-refractivity contribution >= 4 is 0 Å².